The van der Waals surface area contributed by atoms with Crippen molar-refractivity contribution in [1.82, 2.24) is 4.90 Å². The summed E-state index contributed by atoms with van der Waals surface area (Å²) in [5.74, 6) is 0.404. The van der Waals surface area contributed by atoms with Crippen LogP contribution in [0.2, 0.25) is 0 Å². The third-order valence-corrected chi connectivity index (χ3v) is 4.94. The first kappa shape index (κ1) is 17.4. The Hall–Kier alpha value is -1.00. The van der Waals surface area contributed by atoms with Crippen LogP contribution >= 0.6 is 11.6 Å². The first-order valence-electron chi connectivity index (χ1n) is 7.98. The number of allylic oxidation sites excluding steroid dienone is 4. The van der Waals surface area contributed by atoms with Gasteiger partial charge in [0, 0.05) is 18.1 Å². The van der Waals surface area contributed by atoms with Crippen molar-refractivity contribution in [2.24, 2.45) is 17.1 Å². The van der Waals surface area contributed by atoms with Crippen LogP contribution in [0.3, 0.4) is 0 Å². The Kier molecular flexibility index (Phi) is 5.23. The molecule has 5 heteroatoms. The molecule has 2 aliphatic rings. The fraction of sp³-hybridized carbons (Fsp3) is 0.706. The zero-order chi connectivity index (χ0) is 16.4. The number of rotatable bonds is 2. The lowest BCUT2D eigenvalue weighted by molar-refractivity contribution is 0.00527. The summed E-state index contributed by atoms with van der Waals surface area (Å²) >= 11 is 6.01. The van der Waals surface area contributed by atoms with Crippen LogP contribution in [-0.2, 0) is 4.74 Å². The normalized spacial score (nSPS) is 24.9. The zero-order valence-electron chi connectivity index (χ0n) is 13.8. The molecule has 1 fully saturated rings. The molecule has 0 bridgehead atoms. The Morgan fingerprint density at radius 3 is 2.55 bits per heavy atom. The summed E-state index contributed by atoms with van der Waals surface area (Å²) < 4.78 is 5.45. The highest BCUT2D eigenvalue weighted by Gasteiger charge is 2.41. The molecule has 2 N–H and O–H groups in total. The van der Waals surface area contributed by atoms with Crippen LogP contribution in [0.25, 0.3) is 0 Å². The molecule has 1 unspecified atom stereocenters. The monoisotopic (exact) mass is 326 g/mol. The Morgan fingerprint density at radius 2 is 2.09 bits per heavy atom. The van der Waals surface area contributed by atoms with Crippen molar-refractivity contribution in [1.29, 1.82) is 0 Å². The summed E-state index contributed by atoms with van der Waals surface area (Å²) in [4.78, 5) is 14.0. The summed E-state index contributed by atoms with van der Waals surface area (Å²) in [5.41, 5.74) is 5.71. The smallest absolute Gasteiger partial charge is 0.410 e. The maximum Gasteiger partial charge on any atom is 0.410 e. The Labute approximate surface area is 138 Å². The van der Waals surface area contributed by atoms with Crippen LogP contribution in [-0.4, -0.2) is 36.2 Å². The summed E-state index contributed by atoms with van der Waals surface area (Å²) in [5, 5.41) is 0.801. The molecule has 1 saturated heterocycles. The molecular formula is C17H27ClN2O2. The largest absolute Gasteiger partial charge is 0.444 e. The number of nitrogens with zero attached hydrogens (tertiary/aromatic N) is 1. The van der Waals surface area contributed by atoms with Gasteiger partial charge in [-0.1, -0.05) is 23.8 Å². The predicted molar refractivity (Wildman–Crippen MR) is 89.7 cm³/mol. The third-order valence-electron chi connectivity index (χ3n) is 4.66. The van der Waals surface area contributed by atoms with Crippen LogP contribution in [0, 0.1) is 11.3 Å². The average Bonchev–Trinajstić information content (AvgIpc) is 2.46. The number of carbonyl (C=O) groups is 1. The molecule has 124 valence electrons. The maximum absolute atomic E-state index is 12.2. The van der Waals surface area contributed by atoms with Gasteiger partial charge in [0.1, 0.15) is 5.60 Å². The van der Waals surface area contributed by atoms with Gasteiger partial charge in [0.15, 0.2) is 0 Å². The minimum absolute atomic E-state index is 0.0586. The van der Waals surface area contributed by atoms with Crippen molar-refractivity contribution in [3.8, 4) is 0 Å². The van der Waals surface area contributed by atoms with Crippen molar-refractivity contribution in [3.63, 3.8) is 0 Å². The minimum Gasteiger partial charge on any atom is -0.444 e. The lowest BCUT2D eigenvalue weighted by atomic mass is 9.66. The lowest BCUT2D eigenvalue weighted by Crippen LogP contribution is -2.50. The number of amides is 1. The molecule has 1 aliphatic heterocycles. The highest BCUT2D eigenvalue weighted by atomic mass is 35.5. The van der Waals surface area contributed by atoms with Crippen LogP contribution < -0.4 is 5.73 Å². The van der Waals surface area contributed by atoms with E-state index in [9.17, 15) is 4.79 Å². The average molecular weight is 327 g/mol. The fourth-order valence-electron chi connectivity index (χ4n) is 3.24. The van der Waals surface area contributed by atoms with Gasteiger partial charge in [0.2, 0.25) is 0 Å². The zero-order valence-corrected chi connectivity index (χ0v) is 14.5. The molecule has 0 radical (unpaired) electrons. The molecule has 1 amide bonds. The van der Waals surface area contributed by atoms with Crippen molar-refractivity contribution < 1.29 is 9.53 Å². The van der Waals surface area contributed by atoms with E-state index in [0.717, 1.165) is 24.3 Å². The SMILES string of the molecule is CC(C)(C)OC(=O)N1CCC(CN)(C2C=CC(Cl)=CC2)CC1. The molecule has 0 aromatic heterocycles. The number of carbonyl (C=O) groups excluding carboxylic acids is 1. The number of piperidine rings is 1. The topological polar surface area (TPSA) is 55.6 Å². The maximum atomic E-state index is 12.2. The van der Waals surface area contributed by atoms with E-state index in [1.807, 2.05) is 26.8 Å². The molecule has 0 spiro atoms. The number of likely N-dealkylation sites (tertiary alicyclic amines) is 1. The first-order chi connectivity index (χ1) is 10.3. The molecule has 1 heterocycles. The van der Waals surface area contributed by atoms with Crippen molar-refractivity contribution in [2.45, 2.75) is 45.6 Å². The summed E-state index contributed by atoms with van der Waals surface area (Å²) in [6, 6.07) is 0. The summed E-state index contributed by atoms with van der Waals surface area (Å²) in [6.07, 6.45) is 8.72. The number of ether oxygens (including phenoxy) is 1. The van der Waals surface area contributed by atoms with Crippen molar-refractivity contribution >= 4 is 17.7 Å². The Bertz CT molecular complexity index is 472. The van der Waals surface area contributed by atoms with Gasteiger partial charge in [0.25, 0.3) is 0 Å². The Balaban J connectivity index is 1.97. The molecule has 22 heavy (non-hydrogen) atoms. The van der Waals surface area contributed by atoms with Gasteiger partial charge in [0.05, 0.1) is 0 Å². The van der Waals surface area contributed by atoms with E-state index in [-0.39, 0.29) is 11.5 Å². The minimum atomic E-state index is -0.451. The van der Waals surface area contributed by atoms with Crippen LogP contribution in [0.15, 0.2) is 23.3 Å². The number of halogens is 1. The molecular weight excluding hydrogens is 300 g/mol. The van der Waals surface area contributed by atoms with E-state index in [1.54, 1.807) is 4.90 Å². The number of hydrogen-bond acceptors (Lipinski definition) is 3. The predicted octanol–water partition coefficient (Wildman–Crippen LogP) is 3.66. The molecule has 2 rings (SSSR count). The lowest BCUT2D eigenvalue weighted by Gasteiger charge is -2.45. The molecule has 0 saturated carbocycles. The van der Waals surface area contributed by atoms with Gasteiger partial charge in [-0.25, -0.2) is 4.79 Å². The fourth-order valence-corrected chi connectivity index (χ4v) is 3.40. The molecule has 0 aromatic rings. The van der Waals surface area contributed by atoms with E-state index in [1.165, 1.54) is 0 Å². The van der Waals surface area contributed by atoms with Gasteiger partial charge < -0.3 is 15.4 Å². The standard InChI is InChI=1S/C17H27ClN2O2/c1-16(2,3)22-15(21)20-10-8-17(12-19,9-11-20)13-4-6-14(18)7-5-13/h4,6-7,13H,5,8-12,19H2,1-3H3. The van der Waals surface area contributed by atoms with Crippen molar-refractivity contribution in [3.05, 3.63) is 23.3 Å². The second-order valence-electron chi connectivity index (χ2n) is 7.32. The second kappa shape index (κ2) is 6.63. The van der Waals surface area contributed by atoms with Crippen LogP contribution in [0.1, 0.15) is 40.0 Å². The molecule has 1 aliphatic carbocycles. The van der Waals surface area contributed by atoms with E-state index in [2.05, 4.69) is 12.2 Å². The van der Waals surface area contributed by atoms with Gasteiger partial charge in [-0.05, 0) is 64.0 Å². The van der Waals surface area contributed by atoms with E-state index >= 15 is 0 Å². The van der Waals surface area contributed by atoms with E-state index in [0.29, 0.717) is 25.6 Å². The summed E-state index contributed by atoms with van der Waals surface area (Å²) in [7, 11) is 0. The number of nitrogens with two attached hydrogens (primary N) is 1. The van der Waals surface area contributed by atoms with E-state index < -0.39 is 5.60 Å². The highest BCUT2D eigenvalue weighted by molar-refractivity contribution is 6.31. The third kappa shape index (κ3) is 4.05. The molecule has 4 nitrogen and oxygen atoms in total. The Morgan fingerprint density at radius 1 is 1.45 bits per heavy atom. The highest BCUT2D eigenvalue weighted by Crippen LogP contribution is 2.42. The second-order valence-corrected chi connectivity index (χ2v) is 7.76. The molecule has 1 atom stereocenters. The van der Waals surface area contributed by atoms with Crippen LogP contribution in [0.5, 0.6) is 0 Å². The van der Waals surface area contributed by atoms with Gasteiger partial charge >= 0.3 is 6.09 Å². The number of hydrogen-bond donors (Lipinski definition) is 1. The molecule has 0 aromatic carbocycles. The van der Waals surface area contributed by atoms with Crippen molar-refractivity contribution in [2.75, 3.05) is 19.6 Å². The van der Waals surface area contributed by atoms with Gasteiger partial charge in [-0.2, -0.15) is 0 Å². The van der Waals surface area contributed by atoms with Gasteiger partial charge in [-0.3, -0.25) is 0 Å². The van der Waals surface area contributed by atoms with Gasteiger partial charge in [-0.15, -0.1) is 0 Å². The van der Waals surface area contributed by atoms with E-state index in [4.69, 9.17) is 22.1 Å². The summed E-state index contributed by atoms with van der Waals surface area (Å²) in [6.45, 7) is 7.71. The first-order valence-corrected chi connectivity index (χ1v) is 8.35. The quantitative estimate of drug-likeness (QED) is 0.842. The van der Waals surface area contributed by atoms with Crippen LogP contribution in [0.4, 0.5) is 4.79 Å².